The van der Waals surface area contributed by atoms with Gasteiger partial charge in [-0.15, -0.1) is 0 Å². The molecule has 0 saturated carbocycles. The zero-order chi connectivity index (χ0) is 27.0. The highest BCUT2D eigenvalue weighted by molar-refractivity contribution is 6.31. The number of benzene rings is 3. The number of nitrogen functional groups attached to an aromatic ring is 1. The second kappa shape index (κ2) is 10.00. The largest absolute Gasteiger partial charge is 0.493 e. The molecule has 38 heavy (non-hydrogen) atoms. The van der Waals surface area contributed by atoms with E-state index in [1.54, 1.807) is 18.2 Å². The van der Waals surface area contributed by atoms with Crippen LogP contribution in [0.15, 0.2) is 65.3 Å². The van der Waals surface area contributed by atoms with E-state index in [2.05, 4.69) is 15.2 Å². The first-order valence-corrected chi connectivity index (χ1v) is 11.4. The number of anilines is 1. The predicted molar refractivity (Wildman–Crippen MR) is 136 cm³/mol. The third kappa shape index (κ3) is 4.69. The Morgan fingerprint density at radius 3 is 2.61 bits per heavy atom. The minimum atomic E-state index is -0.616. The zero-order valence-corrected chi connectivity index (χ0v) is 20.8. The van der Waals surface area contributed by atoms with Crippen molar-refractivity contribution in [3.63, 3.8) is 0 Å². The van der Waals surface area contributed by atoms with Crippen LogP contribution in [0.5, 0.6) is 17.2 Å². The second-order valence-corrected chi connectivity index (χ2v) is 8.56. The van der Waals surface area contributed by atoms with Crippen molar-refractivity contribution in [2.45, 2.75) is 0 Å². The fraction of sp³-hybridized carbons (Fsp3) is 0.0417. The highest BCUT2D eigenvalue weighted by Crippen LogP contribution is 2.39. The highest BCUT2D eigenvalue weighted by atomic mass is 35.5. The van der Waals surface area contributed by atoms with E-state index in [9.17, 15) is 14.5 Å². The summed E-state index contributed by atoms with van der Waals surface area (Å²) in [7, 11) is 1.41. The highest BCUT2D eigenvalue weighted by Gasteiger charge is 2.21. The fourth-order valence-electron chi connectivity index (χ4n) is 3.53. The number of aromatic nitrogens is 4. The molecule has 0 atom stereocenters. The Kier molecular flexibility index (Phi) is 6.57. The van der Waals surface area contributed by atoms with Crippen LogP contribution in [0.2, 0.25) is 10.0 Å². The average Bonchev–Trinajstić information content (AvgIpc) is 3.53. The van der Waals surface area contributed by atoms with Gasteiger partial charge in [0.25, 0.3) is 5.89 Å². The van der Waals surface area contributed by atoms with Gasteiger partial charge in [0.05, 0.1) is 34.5 Å². The normalized spacial score (nSPS) is 10.9. The lowest BCUT2D eigenvalue weighted by atomic mass is 10.2. The molecule has 14 heteroatoms. The number of nitro benzene ring substituents is 1. The van der Waals surface area contributed by atoms with Crippen LogP contribution in [0.4, 0.5) is 15.9 Å². The van der Waals surface area contributed by atoms with Gasteiger partial charge in [0, 0.05) is 22.7 Å². The molecular weight excluding hydrogens is 542 g/mol. The lowest BCUT2D eigenvalue weighted by molar-refractivity contribution is -0.385. The van der Waals surface area contributed by atoms with Crippen molar-refractivity contribution in [3.05, 3.63) is 86.8 Å². The zero-order valence-electron chi connectivity index (χ0n) is 19.3. The van der Waals surface area contributed by atoms with Gasteiger partial charge < -0.3 is 19.7 Å². The summed E-state index contributed by atoms with van der Waals surface area (Å²) >= 11 is 11.6. The minimum absolute atomic E-state index is 0.0152. The van der Waals surface area contributed by atoms with Crippen LogP contribution in [-0.4, -0.2) is 32.0 Å². The molecule has 0 aliphatic heterocycles. The maximum atomic E-state index is 13.9. The van der Waals surface area contributed by atoms with Crippen molar-refractivity contribution in [3.8, 4) is 45.8 Å². The SMILES string of the molecule is COc1cc(-c2nc(-c3cnn(-c4ccc(Cl)c(F)c4)c3N)no2)ccc1Oc1ccc(Cl)cc1[N+](=O)[O-]. The van der Waals surface area contributed by atoms with E-state index in [-0.39, 0.29) is 50.5 Å². The number of hydrogen-bond donors (Lipinski definition) is 1. The molecule has 0 aliphatic carbocycles. The Balaban J connectivity index is 1.43. The third-order valence-electron chi connectivity index (χ3n) is 5.37. The van der Waals surface area contributed by atoms with Gasteiger partial charge >= 0.3 is 5.69 Å². The molecule has 5 rings (SSSR count). The van der Waals surface area contributed by atoms with Crippen LogP contribution in [0.1, 0.15) is 0 Å². The summed E-state index contributed by atoms with van der Waals surface area (Å²) < 4.78 is 31.7. The molecule has 0 saturated heterocycles. The van der Waals surface area contributed by atoms with Crippen LogP contribution in [0.3, 0.4) is 0 Å². The van der Waals surface area contributed by atoms with Crippen LogP contribution < -0.4 is 15.2 Å². The van der Waals surface area contributed by atoms with Crippen molar-refractivity contribution >= 4 is 34.7 Å². The van der Waals surface area contributed by atoms with Crippen molar-refractivity contribution in [1.82, 2.24) is 19.9 Å². The molecule has 0 unspecified atom stereocenters. The number of methoxy groups -OCH3 is 1. The number of halogens is 3. The first-order chi connectivity index (χ1) is 18.2. The van der Waals surface area contributed by atoms with Crippen LogP contribution in [0.25, 0.3) is 28.5 Å². The smallest absolute Gasteiger partial charge is 0.313 e. The van der Waals surface area contributed by atoms with Gasteiger partial charge in [0.15, 0.2) is 11.5 Å². The number of nitrogens with zero attached hydrogens (tertiary/aromatic N) is 5. The van der Waals surface area contributed by atoms with E-state index in [0.29, 0.717) is 16.8 Å². The molecule has 0 fully saturated rings. The molecule has 192 valence electrons. The monoisotopic (exact) mass is 556 g/mol. The number of nitro groups is 1. The standard InChI is InChI=1S/C24H15Cl2FN6O5/c1-36-21-8-12(2-6-20(21)37-19-7-3-13(25)9-18(19)33(34)35)24-30-23(31-38-24)15-11-29-32(22(15)28)14-4-5-16(26)17(27)10-14/h2-11H,28H2,1H3. The topological polar surface area (TPSA) is 144 Å². The van der Waals surface area contributed by atoms with Gasteiger partial charge in [-0.3, -0.25) is 10.1 Å². The molecule has 2 heterocycles. The minimum Gasteiger partial charge on any atom is -0.493 e. The van der Waals surface area contributed by atoms with Crippen LogP contribution >= 0.6 is 23.2 Å². The van der Waals surface area contributed by atoms with E-state index < -0.39 is 10.7 Å². The Morgan fingerprint density at radius 1 is 1.08 bits per heavy atom. The van der Waals surface area contributed by atoms with Crippen molar-refractivity contribution in [2.75, 3.05) is 12.8 Å². The average molecular weight is 557 g/mol. The number of rotatable bonds is 7. The quantitative estimate of drug-likeness (QED) is 0.179. The molecular formula is C24H15Cl2FN6O5. The molecule has 0 amide bonds. The molecule has 0 aliphatic rings. The van der Waals surface area contributed by atoms with E-state index >= 15 is 0 Å². The van der Waals surface area contributed by atoms with E-state index in [4.69, 9.17) is 42.9 Å². The van der Waals surface area contributed by atoms with Crippen molar-refractivity contribution in [1.29, 1.82) is 0 Å². The summed E-state index contributed by atoms with van der Waals surface area (Å²) in [5, 5.41) is 19.7. The van der Waals surface area contributed by atoms with E-state index in [1.165, 1.54) is 54.4 Å². The molecule has 2 aromatic heterocycles. The third-order valence-corrected chi connectivity index (χ3v) is 5.91. The Labute approximate surface area is 223 Å². The molecule has 0 spiro atoms. The van der Waals surface area contributed by atoms with Gasteiger partial charge in [-0.05, 0) is 42.5 Å². The fourth-order valence-corrected chi connectivity index (χ4v) is 3.81. The summed E-state index contributed by atoms with van der Waals surface area (Å²) in [6.45, 7) is 0. The number of ether oxygens (including phenoxy) is 2. The van der Waals surface area contributed by atoms with E-state index in [0.717, 1.165) is 0 Å². The molecule has 3 aromatic carbocycles. The summed E-state index contributed by atoms with van der Waals surface area (Å²) in [6, 6.07) is 12.9. The summed E-state index contributed by atoms with van der Waals surface area (Å²) in [6.07, 6.45) is 1.42. The molecule has 0 bridgehead atoms. The number of nitrogens with two attached hydrogens (primary N) is 1. The number of hydrogen-bond acceptors (Lipinski definition) is 9. The lowest BCUT2D eigenvalue weighted by Gasteiger charge is -2.11. The maximum Gasteiger partial charge on any atom is 0.313 e. The second-order valence-electron chi connectivity index (χ2n) is 7.71. The first-order valence-electron chi connectivity index (χ1n) is 10.7. The van der Waals surface area contributed by atoms with E-state index in [1.807, 2.05) is 0 Å². The Morgan fingerprint density at radius 2 is 1.87 bits per heavy atom. The van der Waals surface area contributed by atoms with Gasteiger partial charge in [-0.2, -0.15) is 10.1 Å². The molecule has 5 aromatic rings. The first kappa shape index (κ1) is 25.0. The Bertz CT molecular complexity index is 1690. The summed E-state index contributed by atoms with van der Waals surface area (Å²) in [5.74, 6) is 0.269. The molecule has 11 nitrogen and oxygen atoms in total. The molecule has 2 N–H and O–H groups in total. The van der Waals surface area contributed by atoms with Gasteiger partial charge in [0.1, 0.15) is 11.6 Å². The van der Waals surface area contributed by atoms with Crippen molar-refractivity contribution in [2.24, 2.45) is 0 Å². The Hall–Kier alpha value is -4.68. The van der Waals surface area contributed by atoms with Gasteiger partial charge in [-0.25, -0.2) is 9.07 Å². The summed E-state index contributed by atoms with van der Waals surface area (Å²) in [5.41, 5.74) is 7.11. The van der Waals surface area contributed by atoms with Gasteiger partial charge in [-0.1, -0.05) is 28.4 Å². The maximum absolute atomic E-state index is 13.9. The van der Waals surface area contributed by atoms with Crippen LogP contribution in [-0.2, 0) is 0 Å². The summed E-state index contributed by atoms with van der Waals surface area (Å²) in [4.78, 5) is 15.2. The van der Waals surface area contributed by atoms with Crippen LogP contribution in [0, 0.1) is 15.9 Å². The van der Waals surface area contributed by atoms with Crippen molar-refractivity contribution < 1.29 is 23.3 Å². The predicted octanol–water partition coefficient (Wildman–Crippen LogP) is 6.33. The van der Waals surface area contributed by atoms with Gasteiger partial charge in [0.2, 0.25) is 11.6 Å². The lowest BCUT2D eigenvalue weighted by Crippen LogP contribution is -2.03. The molecule has 0 radical (unpaired) electrons.